The molecule has 0 atom stereocenters. The van der Waals surface area contributed by atoms with Crippen molar-refractivity contribution < 1.29 is 4.74 Å². The van der Waals surface area contributed by atoms with Crippen LogP contribution < -0.4 is 4.74 Å². The monoisotopic (exact) mass is 318 g/mol. The van der Waals surface area contributed by atoms with Gasteiger partial charge in [-0.05, 0) is 58.6 Å². The number of rotatable bonds is 2. The van der Waals surface area contributed by atoms with Crippen molar-refractivity contribution in [1.29, 1.82) is 0 Å². The van der Waals surface area contributed by atoms with Gasteiger partial charge in [0.15, 0.2) is 0 Å². The molecule has 0 aromatic carbocycles. The van der Waals surface area contributed by atoms with E-state index in [-0.39, 0.29) is 11.4 Å². The van der Waals surface area contributed by atoms with Crippen molar-refractivity contribution in [2.45, 2.75) is 45.6 Å². The third-order valence-electron chi connectivity index (χ3n) is 3.25. The highest BCUT2D eigenvalue weighted by Crippen LogP contribution is 2.37. The van der Waals surface area contributed by atoms with Crippen molar-refractivity contribution in [1.82, 2.24) is 9.97 Å². The Morgan fingerprint density at radius 1 is 1.41 bits per heavy atom. The van der Waals surface area contributed by atoms with Crippen LogP contribution in [-0.4, -0.2) is 16.1 Å². The maximum absolute atomic E-state index is 5.88. The number of ether oxygens (including phenoxy) is 1. The normalized spacial score (nSPS) is 20.2. The van der Waals surface area contributed by atoms with Gasteiger partial charge in [-0.3, -0.25) is 0 Å². The summed E-state index contributed by atoms with van der Waals surface area (Å²) in [4.78, 5) is 7.97. The van der Waals surface area contributed by atoms with E-state index in [4.69, 9.17) is 16.3 Å². The lowest BCUT2D eigenvalue weighted by Gasteiger charge is -2.34. The predicted molar refractivity (Wildman–Crippen MR) is 71.4 cm³/mol. The van der Waals surface area contributed by atoms with Crippen LogP contribution >= 0.6 is 27.5 Å². The zero-order valence-corrected chi connectivity index (χ0v) is 12.4. The maximum Gasteiger partial charge on any atom is 0.232 e. The molecular formula is C12H16BrClN2O. The number of hydrogen-bond donors (Lipinski definition) is 0. The van der Waals surface area contributed by atoms with Gasteiger partial charge < -0.3 is 4.74 Å². The number of hydrogen-bond acceptors (Lipinski definition) is 3. The van der Waals surface area contributed by atoms with Crippen LogP contribution in [0.25, 0.3) is 0 Å². The van der Waals surface area contributed by atoms with Crippen molar-refractivity contribution in [2.75, 3.05) is 0 Å². The summed E-state index contributed by atoms with van der Waals surface area (Å²) in [5.74, 6) is 0.551. The van der Waals surface area contributed by atoms with E-state index in [1.807, 2.05) is 0 Å². The lowest BCUT2D eigenvalue weighted by atomic mass is 9.76. The van der Waals surface area contributed by atoms with Crippen molar-refractivity contribution >= 4 is 27.5 Å². The molecule has 1 aromatic rings. The Morgan fingerprint density at radius 3 is 2.71 bits per heavy atom. The lowest BCUT2D eigenvalue weighted by Crippen LogP contribution is -2.28. The fourth-order valence-electron chi connectivity index (χ4n) is 2.06. The second-order valence-corrected chi connectivity index (χ2v) is 6.47. The first-order chi connectivity index (χ1) is 7.96. The van der Waals surface area contributed by atoms with Gasteiger partial charge in [0.1, 0.15) is 6.10 Å². The zero-order valence-electron chi connectivity index (χ0n) is 10.0. The molecule has 94 valence electrons. The largest absolute Gasteiger partial charge is 0.473 e. The van der Waals surface area contributed by atoms with Gasteiger partial charge >= 0.3 is 0 Å². The molecule has 17 heavy (non-hydrogen) atoms. The van der Waals surface area contributed by atoms with E-state index in [2.05, 4.69) is 39.7 Å². The van der Waals surface area contributed by atoms with Crippen molar-refractivity contribution in [3.63, 3.8) is 0 Å². The minimum atomic E-state index is 0.222. The first-order valence-corrected chi connectivity index (χ1v) is 6.98. The molecule has 2 rings (SSSR count). The van der Waals surface area contributed by atoms with Crippen LogP contribution in [0.5, 0.6) is 5.88 Å². The molecule has 3 nitrogen and oxygen atoms in total. The van der Waals surface area contributed by atoms with Crippen LogP contribution in [-0.2, 0) is 0 Å². The van der Waals surface area contributed by atoms with Crippen molar-refractivity contribution in [3.8, 4) is 5.88 Å². The quantitative estimate of drug-likeness (QED) is 0.765. The summed E-state index contributed by atoms with van der Waals surface area (Å²) in [5, 5.41) is 0.222. The third-order valence-corrected chi connectivity index (χ3v) is 3.97. The van der Waals surface area contributed by atoms with Crippen LogP contribution in [0.15, 0.2) is 10.7 Å². The SMILES string of the molecule is CC1(C)CCC(Oc2nc(Cl)ncc2Br)CC1. The highest BCUT2D eigenvalue weighted by molar-refractivity contribution is 9.10. The lowest BCUT2D eigenvalue weighted by molar-refractivity contribution is 0.0941. The Balaban J connectivity index is 2.00. The molecule has 0 radical (unpaired) electrons. The molecule has 1 heterocycles. The molecule has 0 saturated heterocycles. The molecule has 1 aromatic heterocycles. The van der Waals surface area contributed by atoms with Gasteiger partial charge in [0.05, 0.1) is 4.47 Å². The van der Waals surface area contributed by atoms with Crippen LogP contribution in [0.4, 0.5) is 0 Å². The van der Waals surface area contributed by atoms with Crippen LogP contribution in [0.2, 0.25) is 5.28 Å². The molecule has 5 heteroatoms. The minimum Gasteiger partial charge on any atom is -0.473 e. The smallest absolute Gasteiger partial charge is 0.232 e. The predicted octanol–water partition coefficient (Wildman–Crippen LogP) is 4.24. The second kappa shape index (κ2) is 5.11. The summed E-state index contributed by atoms with van der Waals surface area (Å²) in [6, 6.07) is 0. The van der Waals surface area contributed by atoms with Crippen molar-refractivity contribution in [2.24, 2.45) is 5.41 Å². The van der Waals surface area contributed by atoms with Gasteiger partial charge in [-0.1, -0.05) is 13.8 Å². The van der Waals surface area contributed by atoms with Gasteiger partial charge in [-0.15, -0.1) is 0 Å². The first kappa shape index (κ1) is 13.1. The molecule has 0 amide bonds. The standard InChI is InChI=1S/C12H16BrClN2O/c1-12(2)5-3-8(4-6-12)17-10-9(13)7-15-11(14)16-10/h7-8H,3-6H2,1-2H3. The Bertz CT molecular complexity index is 401. The highest BCUT2D eigenvalue weighted by atomic mass is 79.9. The number of aromatic nitrogens is 2. The van der Waals surface area contributed by atoms with Gasteiger partial charge in [0.25, 0.3) is 0 Å². The summed E-state index contributed by atoms with van der Waals surface area (Å²) in [6.07, 6.45) is 6.38. The van der Waals surface area contributed by atoms with Gasteiger partial charge in [-0.25, -0.2) is 4.98 Å². The van der Waals surface area contributed by atoms with E-state index in [0.717, 1.165) is 17.3 Å². The van der Waals surface area contributed by atoms with E-state index in [0.29, 0.717) is 11.3 Å². The van der Waals surface area contributed by atoms with E-state index >= 15 is 0 Å². The number of nitrogens with zero attached hydrogens (tertiary/aromatic N) is 2. The summed E-state index contributed by atoms with van der Waals surface area (Å²) < 4.78 is 6.63. The van der Waals surface area contributed by atoms with Gasteiger partial charge in [0.2, 0.25) is 11.2 Å². The molecule has 1 fully saturated rings. The van der Waals surface area contributed by atoms with Crippen LogP contribution in [0, 0.1) is 5.41 Å². The molecule has 0 aliphatic heterocycles. The van der Waals surface area contributed by atoms with E-state index in [9.17, 15) is 0 Å². The molecule has 0 N–H and O–H groups in total. The minimum absolute atomic E-state index is 0.222. The van der Waals surface area contributed by atoms with Crippen LogP contribution in [0.1, 0.15) is 39.5 Å². The Morgan fingerprint density at radius 2 is 2.06 bits per heavy atom. The average molecular weight is 320 g/mol. The highest BCUT2D eigenvalue weighted by Gasteiger charge is 2.28. The molecule has 0 spiro atoms. The fourth-order valence-corrected chi connectivity index (χ4v) is 2.47. The summed E-state index contributed by atoms with van der Waals surface area (Å²) in [6.45, 7) is 4.61. The Kier molecular flexibility index (Phi) is 3.93. The fraction of sp³-hybridized carbons (Fsp3) is 0.667. The average Bonchev–Trinajstić information content (AvgIpc) is 2.26. The van der Waals surface area contributed by atoms with Gasteiger partial charge in [0, 0.05) is 6.20 Å². The number of halogens is 2. The van der Waals surface area contributed by atoms with E-state index in [1.165, 1.54) is 12.8 Å². The molecule has 0 bridgehead atoms. The third kappa shape index (κ3) is 3.55. The Hall–Kier alpha value is -0.350. The molecule has 0 unspecified atom stereocenters. The molecule has 1 saturated carbocycles. The first-order valence-electron chi connectivity index (χ1n) is 5.81. The summed E-state index contributed by atoms with van der Waals surface area (Å²) >= 11 is 9.13. The van der Waals surface area contributed by atoms with E-state index in [1.54, 1.807) is 6.20 Å². The Labute approximate surface area is 115 Å². The van der Waals surface area contributed by atoms with Crippen LogP contribution in [0.3, 0.4) is 0 Å². The van der Waals surface area contributed by atoms with Gasteiger partial charge in [-0.2, -0.15) is 4.98 Å². The molecule has 1 aliphatic carbocycles. The van der Waals surface area contributed by atoms with Crippen molar-refractivity contribution in [3.05, 3.63) is 16.0 Å². The second-order valence-electron chi connectivity index (χ2n) is 5.27. The summed E-state index contributed by atoms with van der Waals surface area (Å²) in [5.41, 5.74) is 0.445. The maximum atomic E-state index is 5.88. The zero-order chi connectivity index (χ0) is 12.5. The van der Waals surface area contributed by atoms with E-state index < -0.39 is 0 Å². The molecular weight excluding hydrogens is 304 g/mol. The molecule has 1 aliphatic rings. The summed E-state index contributed by atoms with van der Waals surface area (Å²) in [7, 11) is 0. The topological polar surface area (TPSA) is 35.0 Å².